The molecule has 6 heteroatoms. The van der Waals surface area contributed by atoms with Crippen LogP contribution in [0.1, 0.15) is 5.56 Å². The first-order valence-electron chi connectivity index (χ1n) is 6.83. The number of ether oxygens (including phenoxy) is 1. The highest BCUT2D eigenvalue weighted by atomic mass is 127. The number of anilines is 1. The van der Waals surface area contributed by atoms with Crippen LogP contribution < -0.4 is 10.1 Å². The highest BCUT2D eigenvalue weighted by Crippen LogP contribution is 2.29. The van der Waals surface area contributed by atoms with Gasteiger partial charge in [-0.25, -0.2) is 4.98 Å². The van der Waals surface area contributed by atoms with Crippen molar-refractivity contribution in [3.05, 3.63) is 57.7 Å². The monoisotopic (exact) mass is 436 g/mol. The van der Waals surface area contributed by atoms with Crippen LogP contribution >= 0.6 is 33.9 Å². The van der Waals surface area contributed by atoms with Crippen LogP contribution in [0.15, 0.2) is 48.5 Å². The Hall–Kier alpha value is -1.93. The molecule has 1 N–H and O–H groups in total. The minimum atomic E-state index is -0.199. The number of hydrogen-bond donors (Lipinski definition) is 1. The lowest BCUT2D eigenvalue weighted by Crippen LogP contribution is -2.07. The first-order valence-corrected chi connectivity index (χ1v) is 8.73. The van der Waals surface area contributed by atoms with Crippen molar-refractivity contribution in [1.82, 2.24) is 4.98 Å². The third kappa shape index (κ3) is 4.08. The van der Waals surface area contributed by atoms with Gasteiger partial charge in [-0.2, -0.15) is 0 Å². The van der Waals surface area contributed by atoms with Gasteiger partial charge >= 0.3 is 0 Å². The van der Waals surface area contributed by atoms with Crippen molar-refractivity contribution in [2.45, 2.75) is 0 Å². The van der Waals surface area contributed by atoms with Crippen molar-refractivity contribution in [3.8, 4) is 5.75 Å². The van der Waals surface area contributed by atoms with E-state index >= 15 is 0 Å². The topological polar surface area (TPSA) is 51.2 Å². The van der Waals surface area contributed by atoms with Crippen LogP contribution in [-0.2, 0) is 4.79 Å². The number of rotatable bonds is 4. The Morgan fingerprint density at radius 2 is 2.17 bits per heavy atom. The number of nitrogens with one attached hydrogen (secondary N) is 1. The summed E-state index contributed by atoms with van der Waals surface area (Å²) in [6.45, 7) is 0. The molecule has 0 fully saturated rings. The van der Waals surface area contributed by atoms with Gasteiger partial charge in [0.25, 0.3) is 0 Å². The van der Waals surface area contributed by atoms with Gasteiger partial charge in [0.05, 0.1) is 17.3 Å². The Bertz CT molecular complexity index is 889. The molecule has 116 valence electrons. The van der Waals surface area contributed by atoms with Gasteiger partial charge < -0.3 is 4.74 Å². The van der Waals surface area contributed by atoms with Crippen molar-refractivity contribution in [2.24, 2.45) is 0 Å². The maximum atomic E-state index is 12.0. The molecule has 1 amide bonds. The number of carbonyl (C=O) groups excluding carboxylic acids is 1. The van der Waals surface area contributed by atoms with Crippen LogP contribution in [0.2, 0.25) is 0 Å². The quantitative estimate of drug-likeness (QED) is 0.482. The number of amides is 1. The Morgan fingerprint density at radius 1 is 1.30 bits per heavy atom. The molecule has 0 spiro atoms. The fourth-order valence-electron chi connectivity index (χ4n) is 2.01. The van der Waals surface area contributed by atoms with Gasteiger partial charge in [-0.1, -0.05) is 23.5 Å². The SMILES string of the molecule is COc1ccc2nc(NC(=O)/C=C/c3cccc(I)c3)sc2c1. The van der Waals surface area contributed by atoms with E-state index in [1.54, 1.807) is 13.2 Å². The molecule has 1 heterocycles. The molecule has 0 bridgehead atoms. The standard InChI is InChI=1S/C17H13IN2O2S/c1-22-13-6-7-14-15(10-13)23-17(19-14)20-16(21)8-5-11-3-2-4-12(18)9-11/h2-10H,1H3,(H,19,20,21)/b8-5+. The zero-order valence-electron chi connectivity index (χ0n) is 12.2. The minimum absolute atomic E-state index is 0.199. The van der Waals surface area contributed by atoms with E-state index in [4.69, 9.17) is 4.74 Å². The molecule has 0 radical (unpaired) electrons. The van der Waals surface area contributed by atoms with E-state index in [9.17, 15) is 4.79 Å². The molecule has 0 saturated heterocycles. The third-order valence-electron chi connectivity index (χ3n) is 3.10. The molecule has 0 unspecified atom stereocenters. The van der Waals surface area contributed by atoms with E-state index < -0.39 is 0 Å². The molecule has 3 aromatic rings. The van der Waals surface area contributed by atoms with Gasteiger partial charge in [-0.05, 0) is 64.6 Å². The van der Waals surface area contributed by atoms with Gasteiger partial charge in [-0.15, -0.1) is 0 Å². The number of hydrogen-bond acceptors (Lipinski definition) is 4. The van der Waals surface area contributed by atoms with Crippen LogP contribution in [0.25, 0.3) is 16.3 Å². The van der Waals surface area contributed by atoms with E-state index in [1.807, 2.05) is 42.5 Å². The summed E-state index contributed by atoms with van der Waals surface area (Å²) in [5.41, 5.74) is 1.83. The van der Waals surface area contributed by atoms with Gasteiger partial charge in [0, 0.05) is 9.65 Å². The van der Waals surface area contributed by atoms with Crippen LogP contribution in [0.4, 0.5) is 5.13 Å². The van der Waals surface area contributed by atoms with Gasteiger partial charge in [-0.3, -0.25) is 10.1 Å². The second kappa shape index (κ2) is 7.10. The summed E-state index contributed by atoms with van der Waals surface area (Å²) in [5, 5.41) is 3.37. The van der Waals surface area contributed by atoms with E-state index in [-0.39, 0.29) is 5.91 Å². The average Bonchev–Trinajstić information content (AvgIpc) is 2.94. The second-order valence-electron chi connectivity index (χ2n) is 4.73. The molecule has 0 aliphatic heterocycles. The minimum Gasteiger partial charge on any atom is -0.497 e. The molecule has 0 aliphatic carbocycles. The first kappa shape index (κ1) is 15.9. The average molecular weight is 436 g/mol. The van der Waals surface area contributed by atoms with Crippen molar-refractivity contribution in [3.63, 3.8) is 0 Å². The van der Waals surface area contributed by atoms with Crippen LogP contribution in [0.3, 0.4) is 0 Å². The number of nitrogens with zero attached hydrogens (tertiary/aromatic N) is 1. The molecule has 23 heavy (non-hydrogen) atoms. The molecule has 0 atom stereocenters. The highest BCUT2D eigenvalue weighted by molar-refractivity contribution is 14.1. The summed E-state index contributed by atoms with van der Waals surface area (Å²) in [5.74, 6) is 0.576. The van der Waals surface area contributed by atoms with E-state index in [2.05, 4.69) is 32.9 Å². The highest BCUT2D eigenvalue weighted by Gasteiger charge is 2.07. The lowest BCUT2D eigenvalue weighted by molar-refractivity contribution is -0.111. The Labute approximate surface area is 151 Å². The molecule has 0 saturated carbocycles. The lowest BCUT2D eigenvalue weighted by Gasteiger charge is -1.96. The second-order valence-corrected chi connectivity index (χ2v) is 7.01. The molecule has 1 aromatic heterocycles. The lowest BCUT2D eigenvalue weighted by atomic mass is 10.2. The van der Waals surface area contributed by atoms with Gasteiger partial charge in [0.1, 0.15) is 5.75 Å². The Kier molecular flexibility index (Phi) is 4.92. The molecule has 2 aromatic carbocycles. The van der Waals surface area contributed by atoms with Crippen LogP contribution in [-0.4, -0.2) is 18.0 Å². The molecule has 4 nitrogen and oxygen atoms in total. The zero-order valence-corrected chi connectivity index (χ0v) is 15.2. The van der Waals surface area contributed by atoms with Crippen molar-refractivity contribution in [2.75, 3.05) is 12.4 Å². The maximum absolute atomic E-state index is 12.0. The van der Waals surface area contributed by atoms with Crippen LogP contribution in [0.5, 0.6) is 5.75 Å². The fraction of sp³-hybridized carbons (Fsp3) is 0.0588. The summed E-state index contributed by atoms with van der Waals surface area (Å²) >= 11 is 3.66. The summed E-state index contributed by atoms with van der Waals surface area (Å²) in [6.07, 6.45) is 3.30. The molecular weight excluding hydrogens is 423 g/mol. The number of methoxy groups -OCH3 is 1. The number of fused-ring (bicyclic) bond motifs is 1. The first-order chi connectivity index (χ1) is 11.1. The van der Waals surface area contributed by atoms with Crippen molar-refractivity contribution < 1.29 is 9.53 Å². The summed E-state index contributed by atoms with van der Waals surface area (Å²) in [4.78, 5) is 16.4. The number of thiazole rings is 1. The maximum Gasteiger partial charge on any atom is 0.250 e. The van der Waals surface area contributed by atoms with Crippen LogP contribution in [0, 0.1) is 3.57 Å². The summed E-state index contributed by atoms with van der Waals surface area (Å²) < 4.78 is 7.29. The van der Waals surface area contributed by atoms with Crippen molar-refractivity contribution in [1.29, 1.82) is 0 Å². The zero-order chi connectivity index (χ0) is 16.2. The fourth-order valence-corrected chi connectivity index (χ4v) is 3.48. The normalized spacial score (nSPS) is 11.0. The van der Waals surface area contributed by atoms with E-state index in [0.717, 1.165) is 25.1 Å². The molecular formula is C17H13IN2O2S. The predicted molar refractivity (Wildman–Crippen MR) is 103 cm³/mol. The van der Waals surface area contributed by atoms with E-state index in [1.165, 1.54) is 17.4 Å². The smallest absolute Gasteiger partial charge is 0.250 e. The van der Waals surface area contributed by atoms with Gasteiger partial charge in [0.15, 0.2) is 5.13 Å². The van der Waals surface area contributed by atoms with E-state index in [0.29, 0.717) is 5.13 Å². The predicted octanol–water partition coefficient (Wildman–Crippen LogP) is 4.56. The Morgan fingerprint density at radius 3 is 2.96 bits per heavy atom. The summed E-state index contributed by atoms with van der Waals surface area (Å²) in [6, 6.07) is 13.6. The Balaban J connectivity index is 1.72. The summed E-state index contributed by atoms with van der Waals surface area (Å²) in [7, 11) is 1.63. The number of halogens is 1. The van der Waals surface area contributed by atoms with Crippen molar-refractivity contribution >= 4 is 61.3 Å². The molecule has 3 rings (SSSR count). The number of carbonyl (C=O) groups is 1. The largest absolute Gasteiger partial charge is 0.497 e. The van der Waals surface area contributed by atoms with Gasteiger partial charge in [0.2, 0.25) is 5.91 Å². The third-order valence-corrected chi connectivity index (χ3v) is 4.71. The number of benzene rings is 2. The molecule has 0 aliphatic rings. The number of aromatic nitrogens is 1.